The molecular formula is C23H35NO4. The number of ether oxygens (including phenoxy) is 1. The molecule has 2 aliphatic heterocycles. The number of carbonyl (C=O) groups excluding carboxylic acids is 1. The Morgan fingerprint density at radius 3 is 2.82 bits per heavy atom. The lowest BCUT2D eigenvalue weighted by Gasteiger charge is -2.49. The van der Waals surface area contributed by atoms with Crippen molar-refractivity contribution >= 4 is 5.97 Å². The van der Waals surface area contributed by atoms with Gasteiger partial charge in [-0.25, -0.2) is 0 Å². The fraction of sp³-hybridized carbons (Fsp3) is 0.696. The number of esters is 1. The van der Waals surface area contributed by atoms with Gasteiger partial charge in [-0.3, -0.25) is 9.63 Å². The van der Waals surface area contributed by atoms with Crippen LogP contribution >= 0.6 is 0 Å². The molecule has 3 unspecified atom stereocenters. The predicted octanol–water partition coefficient (Wildman–Crippen LogP) is 4.09. The number of hydroxylamine groups is 2. The number of rotatable bonds is 8. The van der Waals surface area contributed by atoms with E-state index in [2.05, 4.69) is 18.9 Å². The van der Waals surface area contributed by atoms with Gasteiger partial charge in [-0.15, -0.1) is 0 Å². The van der Waals surface area contributed by atoms with Crippen molar-refractivity contribution in [2.45, 2.75) is 83.6 Å². The normalized spacial score (nSPS) is 29.9. The van der Waals surface area contributed by atoms with Crippen molar-refractivity contribution in [2.24, 2.45) is 11.8 Å². The van der Waals surface area contributed by atoms with E-state index in [1.807, 2.05) is 37.3 Å². The Balaban J connectivity index is 1.62. The monoisotopic (exact) mass is 389 g/mol. The summed E-state index contributed by atoms with van der Waals surface area (Å²) in [6.45, 7) is 6.76. The molecule has 2 saturated heterocycles. The van der Waals surface area contributed by atoms with Crippen molar-refractivity contribution in [3.63, 3.8) is 0 Å². The molecule has 0 aliphatic carbocycles. The van der Waals surface area contributed by atoms with Crippen LogP contribution in [0.3, 0.4) is 0 Å². The molecule has 2 aliphatic rings. The summed E-state index contributed by atoms with van der Waals surface area (Å²) < 4.78 is 5.54. The van der Waals surface area contributed by atoms with E-state index in [0.29, 0.717) is 12.6 Å². The summed E-state index contributed by atoms with van der Waals surface area (Å²) in [6, 6.07) is 10.1. The first-order valence-electron chi connectivity index (χ1n) is 10.8. The van der Waals surface area contributed by atoms with Crippen LogP contribution in [-0.4, -0.2) is 40.4 Å². The van der Waals surface area contributed by atoms with Gasteiger partial charge in [-0.2, -0.15) is 5.06 Å². The molecule has 0 amide bonds. The Morgan fingerprint density at radius 1 is 1.39 bits per heavy atom. The van der Waals surface area contributed by atoms with Gasteiger partial charge in [0.25, 0.3) is 0 Å². The van der Waals surface area contributed by atoms with Crippen molar-refractivity contribution in [1.29, 1.82) is 0 Å². The second-order valence-electron chi connectivity index (χ2n) is 8.66. The lowest BCUT2D eigenvalue weighted by atomic mass is 9.75. The zero-order valence-electron chi connectivity index (χ0n) is 17.5. The van der Waals surface area contributed by atoms with E-state index in [9.17, 15) is 9.90 Å². The molecule has 5 heteroatoms. The molecule has 5 nitrogen and oxygen atoms in total. The van der Waals surface area contributed by atoms with Crippen molar-refractivity contribution in [3.8, 4) is 0 Å². The summed E-state index contributed by atoms with van der Waals surface area (Å²) in [5, 5.41) is 12.1. The molecule has 2 fully saturated rings. The summed E-state index contributed by atoms with van der Waals surface area (Å²) in [5.41, 5.74) is 0.821. The van der Waals surface area contributed by atoms with Gasteiger partial charge in [0.05, 0.1) is 12.0 Å². The van der Waals surface area contributed by atoms with Gasteiger partial charge in [0.15, 0.2) is 0 Å². The molecule has 1 aromatic carbocycles. The molecule has 0 spiro atoms. The quantitative estimate of drug-likeness (QED) is 0.679. The standard InChI is InChI=1S/C23H35NO4/c1-4-9-19(15-25)23(3)13-8-12-20-14-21(28-24(20)23)17(2)22(26)27-16-18-10-6-5-7-11-18/h5-7,10-11,17,19-21,25H,4,8-9,12-16H2,1-3H3/t17?,19?,20-,21?,23+/m1/s1. The Morgan fingerprint density at radius 2 is 2.14 bits per heavy atom. The van der Waals surface area contributed by atoms with Crippen LogP contribution in [0.4, 0.5) is 0 Å². The van der Waals surface area contributed by atoms with E-state index in [4.69, 9.17) is 9.57 Å². The minimum atomic E-state index is -0.308. The number of aliphatic hydroxyl groups is 1. The number of nitrogens with zero attached hydrogens (tertiary/aromatic N) is 1. The zero-order chi connectivity index (χ0) is 20.1. The van der Waals surface area contributed by atoms with Crippen LogP contribution in [-0.2, 0) is 21.0 Å². The third-order valence-electron chi connectivity index (χ3n) is 6.70. The lowest BCUT2D eigenvalue weighted by molar-refractivity contribution is -0.258. The van der Waals surface area contributed by atoms with Crippen molar-refractivity contribution in [1.82, 2.24) is 5.06 Å². The van der Waals surface area contributed by atoms with E-state index in [0.717, 1.165) is 44.1 Å². The van der Waals surface area contributed by atoms with Gasteiger partial charge in [0.1, 0.15) is 6.61 Å². The number of hydrogen-bond donors (Lipinski definition) is 1. The number of benzene rings is 1. The first kappa shape index (κ1) is 21.3. The highest BCUT2D eigenvalue weighted by atomic mass is 16.7. The third kappa shape index (κ3) is 4.42. The maximum atomic E-state index is 12.6. The number of piperidine rings is 1. The lowest BCUT2D eigenvalue weighted by Crippen LogP contribution is -2.56. The van der Waals surface area contributed by atoms with Crippen LogP contribution in [0.15, 0.2) is 30.3 Å². The molecule has 0 radical (unpaired) electrons. The van der Waals surface area contributed by atoms with Crippen LogP contribution in [0.25, 0.3) is 0 Å². The molecule has 5 atom stereocenters. The minimum absolute atomic E-state index is 0.160. The molecule has 0 saturated carbocycles. The fourth-order valence-electron chi connectivity index (χ4n) is 4.86. The summed E-state index contributed by atoms with van der Waals surface area (Å²) in [5.74, 6) is -0.320. The highest BCUT2D eigenvalue weighted by molar-refractivity contribution is 5.72. The average molecular weight is 390 g/mol. The molecule has 3 rings (SSSR count). The third-order valence-corrected chi connectivity index (χ3v) is 6.70. The molecule has 2 heterocycles. The maximum Gasteiger partial charge on any atom is 0.311 e. The Hall–Kier alpha value is -1.43. The van der Waals surface area contributed by atoms with Gasteiger partial charge < -0.3 is 9.84 Å². The van der Waals surface area contributed by atoms with E-state index >= 15 is 0 Å². The molecule has 1 aromatic rings. The second-order valence-corrected chi connectivity index (χ2v) is 8.66. The Kier molecular flexibility index (Phi) is 7.13. The van der Waals surface area contributed by atoms with Gasteiger partial charge in [-0.1, -0.05) is 43.7 Å². The summed E-state index contributed by atoms with van der Waals surface area (Å²) in [4.78, 5) is 19.0. The molecule has 28 heavy (non-hydrogen) atoms. The van der Waals surface area contributed by atoms with Crippen LogP contribution < -0.4 is 0 Å². The van der Waals surface area contributed by atoms with Crippen LogP contribution in [0, 0.1) is 11.8 Å². The van der Waals surface area contributed by atoms with Gasteiger partial charge in [-0.05, 0) is 51.5 Å². The Labute approximate surface area is 169 Å². The number of carbonyl (C=O) groups is 1. The number of aliphatic hydroxyl groups excluding tert-OH is 1. The minimum Gasteiger partial charge on any atom is -0.461 e. The van der Waals surface area contributed by atoms with Crippen LogP contribution in [0.1, 0.15) is 64.9 Å². The van der Waals surface area contributed by atoms with E-state index in [1.54, 1.807) is 0 Å². The van der Waals surface area contributed by atoms with Crippen LogP contribution in [0.2, 0.25) is 0 Å². The molecule has 0 aromatic heterocycles. The average Bonchev–Trinajstić information content (AvgIpc) is 3.16. The molecule has 156 valence electrons. The fourth-order valence-corrected chi connectivity index (χ4v) is 4.86. The Bertz CT molecular complexity index is 637. The molecule has 1 N–H and O–H groups in total. The van der Waals surface area contributed by atoms with E-state index in [-0.39, 0.29) is 36.1 Å². The van der Waals surface area contributed by atoms with E-state index in [1.165, 1.54) is 0 Å². The highest BCUT2D eigenvalue weighted by Crippen LogP contribution is 2.45. The molecular weight excluding hydrogens is 354 g/mol. The van der Waals surface area contributed by atoms with Crippen molar-refractivity contribution in [3.05, 3.63) is 35.9 Å². The van der Waals surface area contributed by atoms with Gasteiger partial charge >= 0.3 is 5.97 Å². The van der Waals surface area contributed by atoms with Crippen molar-refractivity contribution in [2.75, 3.05) is 6.61 Å². The number of fused-ring (bicyclic) bond motifs is 1. The first-order chi connectivity index (χ1) is 13.5. The molecule has 0 bridgehead atoms. The van der Waals surface area contributed by atoms with E-state index < -0.39 is 0 Å². The summed E-state index contributed by atoms with van der Waals surface area (Å²) >= 11 is 0. The number of hydrogen-bond acceptors (Lipinski definition) is 5. The summed E-state index contributed by atoms with van der Waals surface area (Å²) in [7, 11) is 0. The van der Waals surface area contributed by atoms with Gasteiger partial charge in [0.2, 0.25) is 0 Å². The summed E-state index contributed by atoms with van der Waals surface area (Å²) in [6.07, 6.45) is 5.97. The first-order valence-corrected chi connectivity index (χ1v) is 10.8. The topological polar surface area (TPSA) is 59.0 Å². The predicted molar refractivity (Wildman–Crippen MR) is 108 cm³/mol. The second kappa shape index (κ2) is 9.38. The van der Waals surface area contributed by atoms with Gasteiger partial charge in [0, 0.05) is 24.1 Å². The largest absolute Gasteiger partial charge is 0.461 e. The highest BCUT2D eigenvalue weighted by Gasteiger charge is 2.51. The zero-order valence-corrected chi connectivity index (χ0v) is 17.5. The smallest absolute Gasteiger partial charge is 0.311 e. The maximum absolute atomic E-state index is 12.6. The SMILES string of the molecule is CCCC(CO)[C@]1(C)CCC[C@@H]2CC(C(C)C(=O)OCc3ccccc3)ON21. The van der Waals surface area contributed by atoms with Crippen molar-refractivity contribution < 1.29 is 19.5 Å². The van der Waals surface area contributed by atoms with Crippen LogP contribution in [0.5, 0.6) is 0 Å².